The van der Waals surface area contributed by atoms with Crippen LogP contribution in [0.1, 0.15) is 25.0 Å². The molecule has 0 aromatic heterocycles. The zero-order valence-electron chi connectivity index (χ0n) is 14.4. The number of nitrogens with two attached hydrogens (primary N) is 1. The Morgan fingerprint density at radius 3 is 2.50 bits per heavy atom. The standard InChI is InChI=1S/C20H26N2O2/c1-15(2)14-24-18-10-6-9-17(11-18)13-22-20(23)19(21)12-16-7-4-3-5-8-16/h3-11,15,19H,12-14,21H2,1-2H3,(H,22,23)/t19-/m0/s1. The van der Waals surface area contributed by atoms with Gasteiger partial charge in [0.05, 0.1) is 12.6 Å². The van der Waals surface area contributed by atoms with Gasteiger partial charge in [0.1, 0.15) is 5.75 Å². The van der Waals surface area contributed by atoms with Crippen LogP contribution in [0.15, 0.2) is 54.6 Å². The Balaban J connectivity index is 1.83. The van der Waals surface area contributed by atoms with Crippen LogP contribution >= 0.6 is 0 Å². The molecule has 0 aliphatic heterocycles. The minimum Gasteiger partial charge on any atom is -0.493 e. The third-order valence-corrected chi connectivity index (χ3v) is 3.58. The van der Waals surface area contributed by atoms with Gasteiger partial charge in [-0.15, -0.1) is 0 Å². The molecule has 0 radical (unpaired) electrons. The number of carbonyl (C=O) groups is 1. The van der Waals surface area contributed by atoms with Crippen molar-refractivity contribution < 1.29 is 9.53 Å². The highest BCUT2D eigenvalue weighted by Gasteiger charge is 2.13. The number of hydrogen-bond donors (Lipinski definition) is 2. The van der Waals surface area contributed by atoms with E-state index in [1.807, 2.05) is 54.6 Å². The van der Waals surface area contributed by atoms with Gasteiger partial charge in [0.15, 0.2) is 0 Å². The highest BCUT2D eigenvalue weighted by Crippen LogP contribution is 2.14. The van der Waals surface area contributed by atoms with Gasteiger partial charge in [0, 0.05) is 6.54 Å². The molecule has 3 N–H and O–H groups in total. The van der Waals surface area contributed by atoms with Crippen LogP contribution in [-0.2, 0) is 17.8 Å². The van der Waals surface area contributed by atoms with E-state index in [1.54, 1.807) is 0 Å². The van der Waals surface area contributed by atoms with Gasteiger partial charge in [-0.2, -0.15) is 0 Å². The third kappa shape index (κ3) is 6.05. The summed E-state index contributed by atoms with van der Waals surface area (Å²) in [7, 11) is 0. The first-order chi connectivity index (χ1) is 11.5. The summed E-state index contributed by atoms with van der Waals surface area (Å²) in [6.07, 6.45) is 0.532. The molecule has 0 fully saturated rings. The molecule has 0 aliphatic rings. The lowest BCUT2D eigenvalue weighted by Crippen LogP contribution is -2.41. The predicted molar refractivity (Wildman–Crippen MR) is 96.7 cm³/mol. The quantitative estimate of drug-likeness (QED) is 0.784. The van der Waals surface area contributed by atoms with Crippen LogP contribution < -0.4 is 15.8 Å². The molecule has 4 nitrogen and oxygen atoms in total. The molecule has 0 heterocycles. The Hall–Kier alpha value is -2.33. The first-order valence-corrected chi connectivity index (χ1v) is 8.33. The molecule has 4 heteroatoms. The van der Waals surface area contributed by atoms with Crippen molar-refractivity contribution in [2.45, 2.75) is 32.9 Å². The highest BCUT2D eigenvalue weighted by molar-refractivity contribution is 5.81. The first kappa shape index (κ1) is 18.0. The Bertz CT molecular complexity index is 641. The van der Waals surface area contributed by atoms with Gasteiger partial charge < -0.3 is 15.8 Å². The number of rotatable bonds is 8. The highest BCUT2D eigenvalue weighted by atomic mass is 16.5. The van der Waals surface area contributed by atoms with E-state index in [-0.39, 0.29) is 5.91 Å². The van der Waals surface area contributed by atoms with Crippen LogP contribution in [0.2, 0.25) is 0 Å². The number of nitrogens with one attached hydrogen (secondary N) is 1. The van der Waals surface area contributed by atoms with E-state index in [4.69, 9.17) is 10.5 Å². The summed E-state index contributed by atoms with van der Waals surface area (Å²) in [5, 5.41) is 2.89. The van der Waals surface area contributed by atoms with Crippen molar-refractivity contribution in [2.75, 3.05) is 6.61 Å². The molecule has 0 bridgehead atoms. The largest absolute Gasteiger partial charge is 0.493 e. The number of benzene rings is 2. The smallest absolute Gasteiger partial charge is 0.237 e. The van der Waals surface area contributed by atoms with E-state index in [0.29, 0.717) is 25.5 Å². The van der Waals surface area contributed by atoms with Crippen LogP contribution in [-0.4, -0.2) is 18.6 Å². The van der Waals surface area contributed by atoms with Gasteiger partial charge in [-0.05, 0) is 35.6 Å². The molecule has 1 atom stereocenters. The van der Waals surface area contributed by atoms with Gasteiger partial charge in [0.2, 0.25) is 5.91 Å². The average molecular weight is 326 g/mol. The van der Waals surface area contributed by atoms with E-state index < -0.39 is 6.04 Å². The predicted octanol–water partition coefficient (Wildman–Crippen LogP) is 2.91. The third-order valence-electron chi connectivity index (χ3n) is 3.58. The molecule has 2 aromatic carbocycles. The molecule has 24 heavy (non-hydrogen) atoms. The van der Waals surface area contributed by atoms with Gasteiger partial charge >= 0.3 is 0 Å². The van der Waals surface area contributed by atoms with Crippen LogP contribution in [0.4, 0.5) is 0 Å². The van der Waals surface area contributed by atoms with Gasteiger partial charge in [-0.1, -0.05) is 56.3 Å². The van der Waals surface area contributed by atoms with E-state index >= 15 is 0 Å². The Morgan fingerprint density at radius 2 is 1.79 bits per heavy atom. The molecule has 1 amide bonds. The van der Waals surface area contributed by atoms with Crippen molar-refractivity contribution in [1.29, 1.82) is 0 Å². The monoisotopic (exact) mass is 326 g/mol. The minimum atomic E-state index is -0.548. The molecular weight excluding hydrogens is 300 g/mol. The lowest BCUT2D eigenvalue weighted by atomic mass is 10.1. The van der Waals surface area contributed by atoms with Gasteiger partial charge in [-0.25, -0.2) is 0 Å². The van der Waals surface area contributed by atoms with Crippen LogP contribution in [0.5, 0.6) is 5.75 Å². The number of hydrogen-bond acceptors (Lipinski definition) is 3. The number of carbonyl (C=O) groups excluding carboxylic acids is 1. The second-order valence-electron chi connectivity index (χ2n) is 6.37. The number of amides is 1. The Labute approximate surface area is 144 Å². The van der Waals surface area contributed by atoms with Crippen molar-refractivity contribution in [2.24, 2.45) is 11.7 Å². The normalized spacial score (nSPS) is 12.0. The lowest BCUT2D eigenvalue weighted by molar-refractivity contribution is -0.122. The van der Waals surface area contributed by atoms with Crippen molar-refractivity contribution in [3.05, 3.63) is 65.7 Å². The van der Waals surface area contributed by atoms with Crippen LogP contribution in [0.3, 0.4) is 0 Å². The van der Waals surface area contributed by atoms with Crippen molar-refractivity contribution in [3.63, 3.8) is 0 Å². The molecule has 128 valence electrons. The fourth-order valence-corrected chi connectivity index (χ4v) is 2.29. The van der Waals surface area contributed by atoms with Gasteiger partial charge in [-0.3, -0.25) is 4.79 Å². The summed E-state index contributed by atoms with van der Waals surface area (Å²) in [6.45, 7) is 5.34. The van der Waals surface area contributed by atoms with E-state index in [0.717, 1.165) is 16.9 Å². The second kappa shape index (κ2) is 9.08. The van der Waals surface area contributed by atoms with E-state index in [1.165, 1.54) is 0 Å². The minimum absolute atomic E-state index is 0.146. The first-order valence-electron chi connectivity index (χ1n) is 8.33. The zero-order chi connectivity index (χ0) is 17.4. The van der Waals surface area contributed by atoms with Crippen molar-refractivity contribution in [3.8, 4) is 5.75 Å². The summed E-state index contributed by atoms with van der Waals surface area (Å²) in [4.78, 5) is 12.2. The molecule has 2 rings (SSSR count). The van der Waals surface area contributed by atoms with Crippen molar-refractivity contribution in [1.82, 2.24) is 5.32 Å². The summed E-state index contributed by atoms with van der Waals surface area (Å²) < 4.78 is 5.70. The van der Waals surface area contributed by atoms with Crippen LogP contribution in [0.25, 0.3) is 0 Å². The maximum atomic E-state index is 12.2. The summed E-state index contributed by atoms with van der Waals surface area (Å²) in [6, 6.07) is 17.0. The molecule has 2 aromatic rings. The van der Waals surface area contributed by atoms with Gasteiger partial charge in [0.25, 0.3) is 0 Å². The van der Waals surface area contributed by atoms with Crippen molar-refractivity contribution >= 4 is 5.91 Å². The Morgan fingerprint density at radius 1 is 1.08 bits per heavy atom. The molecular formula is C20H26N2O2. The molecule has 0 saturated carbocycles. The second-order valence-corrected chi connectivity index (χ2v) is 6.37. The average Bonchev–Trinajstić information content (AvgIpc) is 2.59. The molecule has 0 unspecified atom stereocenters. The SMILES string of the molecule is CC(C)COc1cccc(CNC(=O)[C@@H](N)Cc2ccccc2)c1. The van der Waals surface area contributed by atoms with E-state index in [9.17, 15) is 4.79 Å². The maximum Gasteiger partial charge on any atom is 0.237 e. The summed E-state index contributed by atoms with van der Waals surface area (Å²) in [5.41, 5.74) is 8.04. The summed E-state index contributed by atoms with van der Waals surface area (Å²) >= 11 is 0. The zero-order valence-corrected chi connectivity index (χ0v) is 14.4. The topological polar surface area (TPSA) is 64.3 Å². The Kier molecular flexibility index (Phi) is 6.82. The molecule has 0 spiro atoms. The van der Waals surface area contributed by atoms with Crippen LogP contribution in [0, 0.1) is 5.92 Å². The maximum absolute atomic E-state index is 12.2. The number of ether oxygens (including phenoxy) is 1. The fourth-order valence-electron chi connectivity index (χ4n) is 2.29. The fraction of sp³-hybridized carbons (Fsp3) is 0.350. The summed E-state index contributed by atoms with van der Waals surface area (Å²) in [5.74, 6) is 1.15. The molecule has 0 saturated heterocycles. The lowest BCUT2D eigenvalue weighted by Gasteiger charge is -2.13. The molecule has 0 aliphatic carbocycles. The van der Waals surface area contributed by atoms with E-state index in [2.05, 4.69) is 19.2 Å².